The number of methoxy groups -OCH3 is 1. The van der Waals surface area contributed by atoms with Gasteiger partial charge < -0.3 is 14.8 Å². The molecule has 1 amide bonds. The second kappa shape index (κ2) is 8.67. The number of para-hydroxylation sites is 1. The first-order valence-electron chi connectivity index (χ1n) is 7.00. The van der Waals surface area contributed by atoms with E-state index in [1.54, 1.807) is 24.3 Å². The SMILES string of the molecule is COC(=O)CCNC(=O)C(Oc1ccccc1C#N)C(C)C. The van der Waals surface area contributed by atoms with Crippen molar-refractivity contribution < 1.29 is 19.1 Å². The van der Waals surface area contributed by atoms with Gasteiger partial charge in [0.15, 0.2) is 6.10 Å². The molecule has 0 heterocycles. The summed E-state index contributed by atoms with van der Waals surface area (Å²) in [5, 5.41) is 11.7. The summed E-state index contributed by atoms with van der Waals surface area (Å²) >= 11 is 0. The zero-order chi connectivity index (χ0) is 16.5. The van der Waals surface area contributed by atoms with Crippen molar-refractivity contribution in [1.82, 2.24) is 5.32 Å². The number of nitrogens with zero attached hydrogens (tertiary/aromatic N) is 1. The number of nitriles is 1. The van der Waals surface area contributed by atoms with Crippen LogP contribution < -0.4 is 10.1 Å². The lowest BCUT2D eigenvalue weighted by atomic mass is 10.1. The van der Waals surface area contributed by atoms with Gasteiger partial charge in [0.05, 0.1) is 19.1 Å². The molecule has 6 heteroatoms. The van der Waals surface area contributed by atoms with E-state index in [1.165, 1.54) is 7.11 Å². The summed E-state index contributed by atoms with van der Waals surface area (Å²) in [4.78, 5) is 23.2. The molecule has 0 aromatic heterocycles. The summed E-state index contributed by atoms with van der Waals surface area (Å²) in [5.41, 5.74) is 0.371. The Morgan fingerprint density at radius 3 is 2.59 bits per heavy atom. The molecular formula is C16H20N2O4. The summed E-state index contributed by atoms with van der Waals surface area (Å²) in [6.07, 6.45) is -0.644. The lowest BCUT2D eigenvalue weighted by molar-refractivity contribution is -0.140. The fourth-order valence-corrected chi connectivity index (χ4v) is 1.78. The number of rotatable bonds is 7. The quantitative estimate of drug-likeness (QED) is 0.774. The topological polar surface area (TPSA) is 88.4 Å². The smallest absolute Gasteiger partial charge is 0.307 e. The molecule has 1 unspecified atom stereocenters. The standard InChI is InChI=1S/C16H20N2O4/c1-11(2)15(16(20)18-9-8-14(19)21-3)22-13-7-5-4-6-12(13)10-17/h4-7,11,15H,8-9H2,1-3H3,(H,18,20). The molecule has 6 nitrogen and oxygen atoms in total. The van der Waals surface area contributed by atoms with Crippen LogP contribution in [-0.2, 0) is 14.3 Å². The highest BCUT2D eigenvalue weighted by molar-refractivity contribution is 5.82. The molecule has 0 aliphatic rings. The Bertz CT molecular complexity index is 564. The number of nitrogens with one attached hydrogen (secondary N) is 1. The van der Waals surface area contributed by atoms with Crippen LogP contribution in [0, 0.1) is 17.2 Å². The molecule has 0 bridgehead atoms. The number of hydrogen-bond donors (Lipinski definition) is 1. The van der Waals surface area contributed by atoms with Crippen molar-refractivity contribution in [2.75, 3.05) is 13.7 Å². The Hall–Kier alpha value is -2.55. The summed E-state index contributed by atoms with van der Waals surface area (Å²) in [7, 11) is 1.29. The minimum atomic E-state index is -0.743. The lowest BCUT2D eigenvalue weighted by Crippen LogP contribution is -2.42. The van der Waals surface area contributed by atoms with Crippen LogP contribution in [0.4, 0.5) is 0 Å². The molecule has 0 aliphatic carbocycles. The molecule has 0 saturated carbocycles. The molecule has 1 aromatic carbocycles. The highest BCUT2D eigenvalue weighted by Crippen LogP contribution is 2.20. The van der Waals surface area contributed by atoms with E-state index >= 15 is 0 Å². The highest BCUT2D eigenvalue weighted by atomic mass is 16.5. The summed E-state index contributed by atoms with van der Waals surface area (Å²) in [6, 6.07) is 8.77. The van der Waals surface area contributed by atoms with Gasteiger partial charge in [-0.3, -0.25) is 9.59 Å². The largest absolute Gasteiger partial charge is 0.479 e. The number of hydrogen-bond acceptors (Lipinski definition) is 5. The van der Waals surface area contributed by atoms with E-state index in [4.69, 9.17) is 10.00 Å². The molecular weight excluding hydrogens is 284 g/mol. The van der Waals surface area contributed by atoms with Crippen molar-refractivity contribution in [2.24, 2.45) is 5.92 Å². The van der Waals surface area contributed by atoms with E-state index < -0.39 is 12.1 Å². The molecule has 0 saturated heterocycles. The van der Waals surface area contributed by atoms with Gasteiger partial charge in [0.2, 0.25) is 0 Å². The number of carbonyl (C=O) groups is 2. The van der Waals surface area contributed by atoms with E-state index in [0.29, 0.717) is 11.3 Å². The molecule has 1 N–H and O–H groups in total. The predicted octanol–water partition coefficient (Wildman–Crippen LogP) is 1.64. The van der Waals surface area contributed by atoms with Gasteiger partial charge in [-0.1, -0.05) is 26.0 Å². The fourth-order valence-electron chi connectivity index (χ4n) is 1.78. The Morgan fingerprint density at radius 2 is 2.00 bits per heavy atom. The third kappa shape index (κ3) is 5.09. The van der Waals surface area contributed by atoms with Crippen LogP contribution in [0.2, 0.25) is 0 Å². The van der Waals surface area contributed by atoms with Crippen molar-refractivity contribution in [2.45, 2.75) is 26.4 Å². The first-order valence-corrected chi connectivity index (χ1v) is 7.00. The molecule has 0 radical (unpaired) electrons. The zero-order valence-corrected chi connectivity index (χ0v) is 13.0. The number of esters is 1. The molecule has 118 valence electrons. The van der Waals surface area contributed by atoms with Crippen molar-refractivity contribution in [3.8, 4) is 11.8 Å². The van der Waals surface area contributed by atoms with Crippen LogP contribution >= 0.6 is 0 Å². The first-order chi connectivity index (χ1) is 10.5. The lowest BCUT2D eigenvalue weighted by Gasteiger charge is -2.22. The van der Waals surface area contributed by atoms with Crippen LogP contribution in [-0.4, -0.2) is 31.6 Å². The Labute approximate surface area is 130 Å². The Morgan fingerprint density at radius 1 is 1.32 bits per heavy atom. The second-order valence-electron chi connectivity index (χ2n) is 5.01. The number of carbonyl (C=O) groups excluding carboxylic acids is 2. The first kappa shape index (κ1) is 17.5. The van der Waals surface area contributed by atoms with Gasteiger partial charge in [-0.05, 0) is 18.1 Å². The van der Waals surface area contributed by atoms with Crippen molar-refractivity contribution in [3.05, 3.63) is 29.8 Å². The third-order valence-electron chi connectivity index (χ3n) is 2.98. The average molecular weight is 304 g/mol. The van der Waals surface area contributed by atoms with Gasteiger partial charge in [0.25, 0.3) is 5.91 Å². The van der Waals surface area contributed by atoms with Crippen LogP contribution in [0.1, 0.15) is 25.8 Å². The number of amides is 1. The molecule has 0 fully saturated rings. The zero-order valence-electron chi connectivity index (χ0n) is 13.0. The second-order valence-corrected chi connectivity index (χ2v) is 5.01. The maximum absolute atomic E-state index is 12.2. The maximum Gasteiger partial charge on any atom is 0.307 e. The molecule has 22 heavy (non-hydrogen) atoms. The van der Waals surface area contributed by atoms with Crippen molar-refractivity contribution >= 4 is 11.9 Å². The average Bonchev–Trinajstić information content (AvgIpc) is 2.52. The van der Waals surface area contributed by atoms with Crippen LogP contribution in [0.15, 0.2) is 24.3 Å². The fraction of sp³-hybridized carbons (Fsp3) is 0.438. The molecule has 1 aromatic rings. The van der Waals surface area contributed by atoms with Gasteiger partial charge >= 0.3 is 5.97 Å². The predicted molar refractivity (Wildman–Crippen MR) is 80.1 cm³/mol. The van der Waals surface area contributed by atoms with Crippen molar-refractivity contribution in [1.29, 1.82) is 5.26 Å². The van der Waals surface area contributed by atoms with E-state index in [1.807, 2.05) is 19.9 Å². The number of ether oxygens (including phenoxy) is 2. The minimum Gasteiger partial charge on any atom is -0.479 e. The van der Waals surface area contributed by atoms with Gasteiger partial charge in [-0.2, -0.15) is 5.26 Å². The van der Waals surface area contributed by atoms with Gasteiger partial charge in [-0.25, -0.2) is 0 Å². The monoisotopic (exact) mass is 304 g/mol. The number of benzene rings is 1. The Balaban J connectivity index is 2.71. The molecule has 0 aliphatic heterocycles. The van der Waals surface area contributed by atoms with Crippen LogP contribution in [0.5, 0.6) is 5.75 Å². The van der Waals surface area contributed by atoms with Gasteiger partial charge in [0, 0.05) is 6.54 Å². The van der Waals surface area contributed by atoms with Crippen LogP contribution in [0.3, 0.4) is 0 Å². The summed E-state index contributed by atoms with van der Waals surface area (Å²) < 4.78 is 10.2. The highest BCUT2D eigenvalue weighted by Gasteiger charge is 2.25. The summed E-state index contributed by atoms with van der Waals surface area (Å²) in [6.45, 7) is 3.87. The normalized spacial score (nSPS) is 11.4. The minimum absolute atomic E-state index is 0.0927. The van der Waals surface area contributed by atoms with E-state index in [2.05, 4.69) is 10.1 Å². The van der Waals surface area contributed by atoms with Crippen LogP contribution in [0.25, 0.3) is 0 Å². The maximum atomic E-state index is 12.2. The van der Waals surface area contributed by atoms with E-state index in [0.717, 1.165) is 0 Å². The Kier molecular flexibility index (Phi) is 6.90. The third-order valence-corrected chi connectivity index (χ3v) is 2.98. The van der Waals surface area contributed by atoms with E-state index in [-0.39, 0.29) is 24.8 Å². The van der Waals surface area contributed by atoms with Crippen molar-refractivity contribution in [3.63, 3.8) is 0 Å². The molecule has 1 rings (SSSR count). The molecule has 0 spiro atoms. The summed E-state index contributed by atoms with van der Waals surface area (Å²) in [5.74, 6) is -0.444. The van der Waals surface area contributed by atoms with Gasteiger partial charge in [-0.15, -0.1) is 0 Å². The molecule has 1 atom stereocenters. The van der Waals surface area contributed by atoms with E-state index in [9.17, 15) is 9.59 Å². The van der Waals surface area contributed by atoms with Gasteiger partial charge in [0.1, 0.15) is 11.8 Å².